The number of ether oxygens (including phenoxy) is 1. The van der Waals surface area contributed by atoms with Crippen molar-refractivity contribution in [2.75, 3.05) is 20.1 Å². The van der Waals surface area contributed by atoms with Gasteiger partial charge in [0.25, 0.3) is 0 Å². The van der Waals surface area contributed by atoms with Crippen LogP contribution in [0.3, 0.4) is 0 Å². The highest BCUT2D eigenvalue weighted by Crippen LogP contribution is 2.22. The van der Waals surface area contributed by atoms with Crippen LogP contribution in [0.5, 0.6) is 0 Å². The van der Waals surface area contributed by atoms with E-state index in [1.807, 2.05) is 7.05 Å². The van der Waals surface area contributed by atoms with E-state index in [9.17, 15) is 4.79 Å². The second-order valence-electron chi connectivity index (χ2n) is 4.14. The third-order valence-corrected chi connectivity index (χ3v) is 2.71. The summed E-state index contributed by atoms with van der Waals surface area (Å²) in [6.07, 6.45) is 4.35. The summed E-state index contributed by atoms with van der Waals surface area (Å²) >= 11 is 0. The van der Waals surface area contributed by atoms with Crippen LogP contribution in [0.4, 0.5) is 0 Å². The van der Waals surface area contributed by atoms with Crippen molar-refractivity contribution < 1.29 is 9.53 Å². The van der Waals surface area contributed by atoms with E-state index in [-0.39, 0.29) is 5.91 Å². The lowest BCUT2D eigenvalue weighted by atomic mass is 10.1. The van der Waals surface area contributed by atoms with Gasteiger partial charge in [-0.25, -0.2) is 0 Å². The van der Waals surface area contributed by atoms with E-state index in [4.69, 9.17) is 4.74 Å². The molecule has 2 unspecified atom stereocenters. The van der Waals surface area contributed by atoms with Gasteiger partial charge in [-0.1, -0.05) is 0 Å². The van der Waals surface area contributed by atoms with Gasteiger partial charge in [0.15, 0.2) is 0 Å². The molecule has 4 nitrogen and oxygen atoms in total. The Morgan fingerprint density at radius 2 is 2.20 bits per heavy atom. The summed E-state index contributed by atoms with van der Waals surface area (Å²) in [5, 5.41) is 5.85. The normalized spacial score (nSPS) is 25.5. The number of hydrogen-bond donors (Lipinski definition) is 2. The lowest BCUT2D eigenvalue weighted by Crippen LogP contribution is -2.30. The molecule has 0 bridgehead atoms. The molecule has 2 N–H and O–H groups in total. The highest BCUT2D eigenvalue weighted by Gasteiger charge is 2.21. The molecule has 1 amide bonds. The maximum absolute atomic E-state index is 11.4. The zero-order valence-electron chi connectivity index (χ0n) is 9.71. The fourth-order valence-electron chi connectivity index (χ4n) is 1.80. The molecular weight excluding hydrogens is 192 g/mol. The fourth-order valence-corrected chi connectivity index (χ4v) is 1.80. The number of amides is 1. The van der Waals surface area contributed by atoms with Crippen molar-refractivity contribution in [2.45, 2.75) is 44.8 Å². The standard InChI is InChI=1S/C11H22N2O2/c1-9-3-4-10(15-9)5-6-11(14)13-8-7-12-2/h9-10,12H,3-8H2,1-2H3,(H,13,14). The van der Waals surface area contributed by atoms with E-state index < -0.39 is 0 Å². The third kappa shape index (κ3) is 5.14. The van der Waals surface area contributed by atoms with Gasteiger partial charge in [0.2, 0.25) is 5.91 Å². The van der Waals surface area contributed by atoms with Crippen LogP contribution in [0.25, 0.3) is 0 Å². The molecule has 0 spiro atoms. The van der Waals surface area contributed by atoms with E-state index >= 15 is 0 Å². The molecule has 1 fully saturated rings. The van der Waals surface area contributed by atoms with Gasteiger partial charge in [0.1, 0.15) is 0 Å². The van der Waals surface area contributed by atoms with Crippen molar-refractivity contribution in [3.05, 3.63) is 0 Å². The number of likely N-dealkylation sites (N-methyl/N-ethyl adjacent to an activating group) is 1. The number of carbonyl (C=O) groups is 1. The quantitative estimate of drug-likeness (QED) is 0.639. The van der Waals surface area contributed by atoms with Crippen molar-refractivity contribution in [1.29, 1.82) is 0 Å². The Kier molecular flexibility index (Phi) is 5.65. The second kappa shape index (κ2) is 6.80. The maximum atomic E-state index is 11.4. The molecule has 0 aliphatic carbocycles. The average Bonchev–Trinajstić information content (AvgIpc) is 2.62. The van der Waals surface area contributed by atoms with E-state index in [1.165, 1.54) is 0 Å². The minimum Gasteiger partial charge on any atom is -0.375 e. The Balaban J connectivity index is 2.01. The molecule has 1 rings (SSSR count). The Hall–Kier alpha value is -0.610. The van der Waals surface area contributed by atoms with Gasteiger partial charge in [0, 0.05) is 19.5 Å². The lowest BCUT2D eigenvalue weighted by molar-refractivity contribution is -0.121. The number of nitrogens with one attached hydrogen (secondary N) is 2. The van der Waals surface area contributed by atoms with Gasteiger partial charge >= 0.3 is 0 Å². The Bertz CT molecular complexity index is 197. The van der Waals surface area contributed by atoms with Gasteiger partial charge in [-0.2, -0.15) is 0 Å². The molecule has 0 aromatic rings. The highest BCUT2D eigenvalue weighted by molar-refractivity contribution is 5.75. The molecular formula is C11H22N2O2. The molecule has 1 heterocycles. The predicted octanol–water partition coefficient (Wildman–Crippen LogP) is 0.670. The van der Waals surface area contributed by atoms with Crippen LogP contribution in [0.2, 0.25) is 0 Å². The molecule has 0 aromatic heterocycles. The first-order chi connectivity index (χ1) is 7.22. The molecule has 0 radical (unpaired) electrons. The predicted molar refractivity (Wildman–Crippen MR) is 59.7 cm³/mol. The molecule has 1 aliphatic rings. The van der Waals surface area contributed by atoms with Gasteiger partial charge in [-0.3, -0.25) is 4.79 Å². The van der Waals surface area contributed by atoms with E-state index in [0.717, 1.165) is 25.8 Å². The monoisotopic (exact) mass is 214 g/mol. The van der Waals surface area contributed by atoms with Crippen LogP contribution in [0.1, 0.15) is 32.6 Å². The lowest BCUT2D eigenvalue weighted by Gasteiger charge is -2.10. The Morgan fingerprint density at radius 3 is 2.80 bits per heavy atom. The summed E-state index contributed by atoms with van der Waals surface area (Å²) < 4.78 is 5.64. The van der Waals surface area contributed by atoms with Crippen molar-refractivity contribution in [1.82, 2.24) is 10.6 Å². The van der Waals surface area contributed by atoms with Crippen LogP contribution in [-0.2, 0) is 9.53 Å². The second-order valence-corrected chi connectivity index (χ2v) is 4.14. The largest absolute Gasteiger partial charge is 0.375 e. The van der Waals surface area contributed by atoms with Crippen molar-refractivity contribution in [3.8, 4) is 0 Å². The number of carbonyl (C=O) groups excluding carboxylic acids is 1. The van der Waals surface area contributed by atoms with E-state index in [0.29, 0.717) is 25.2 Å². The summed E-state index contributed by atoms with van der Waals surface area (Å²) in [7, 11) is 1.87. The van der Waals surface area contributed by atoms with Crippen LogP contribution >= 0.6 is 0 Å². The van der Waals surface area contributed by atoms with Crippen LogP contribution < -0.4 is 10.6 Å². The van der Waals surface area contributed by atoms with Gasteiger partial charge in [-0.05, 0) is 33.2 Å². The van der Waals surface area contributed by atoms with Crippen molar-refractivity contribution >= 4 is 5.91 Å². The molecule has 1 aliphatic heterocycles. The topological polar surface area (TPSA) is 50.4 Å². The molecule has 0 saturated carbocycles. The first-order valence-corrected chi connectivity index (χ1v) is 5.79. The molecule has 2 atom stereocenters. The molecule has 4 heteroatoms. The summed E-state index contributed by atoms with van der Waals surface area (Å²) in [5.41, 5.74) is 0. The van der Waals surface area contributed by atoms with Gasteiger partial charge < -0.3 is 15.4 Å². The first-order valence-electron chi connectivity index (χ1n) is 5.79. The zero-order valence-corrected chi connectivity index (χ0v) is 9.71. The Labute approximate surface area is 91.8 Å². The fraction of sp³-hybridized carbons (Fsp3) is 0.909. The van der Waals surface area contributed by atoms with Crippen molar-refractivity contribution in [2.24, 2.45) is 0 Å². The van der Waals surface area contributed by atoms with Crippen LogP contribution in [0.15, 0.2) is 0 Å². The van der Waals surface area contributed by atoms with Gasteiger partial charge in [-0.15, -0.1) is 0 Å². The SMILES string of the molecule is CNCCNC(=O)CCC1CCC(C)O1. The van der Waals surface area contributed by atoms with E-state index in [2.05, 4.69) is 17.6 Å². The smallest absolute Gasteiger partial charge is 0.220 e. The molecule has 15 heavy (non-hydrogen) atoms. The zero-order chi connectivity index (χ0) is 11.1. The summed E-state index contributed by atoms with van der Waals surface area (Å²) in [4.78, 5) is 11.4. The Morgan fingerprint density at radius 1 is 1.40 bits per heavy atom. The average molecular weight is 214 g/mol. The maximum Gasteiger partial charge on any atom is 0.220 e. The molecule has 88 valence electrons. The molecule has 1 saturated heterocycles. The van der Waals surface area contributed by atoms with E-state index in [1.54, 1.807) is 0 Å². The number of hydrogen-bond acceptors (Lipinski definition) is 3. The van der Waals surface area contributed by atoms with Crippen LogP contribution in [-0.4, -0.2) is 38.3 Å². The highest BCUT2D eigenvalue weighted by atomic mass is 16.5. The molecule has 0 aromatic carbocycles. The van der Waals surface area contributed by atoms with Gasteiger partial charge in [0.05, 0.1) is 12.2 Å². The number of rotatable bonds is 6. The summed E-state index contributed by atoms with van der Waals surface area (Å²) in [6, 6.07) is 0. The summed E-state index contributed by atoms with van der Waals surface area (Å²) in [6.45, 7) is 3.62. The minimum atomic E-state index is 0.133. The van der Waals surface area contributed by atoms with Crippen molar-refractivity contribution in [3.63, 3.8) is 0 Å². The minimum absolute atomic E-state index is 0.133. The van der Waals surface area contributed by atoms with Crippen LogP contribution in [0, 0.1) is 0 Å². The first kappa shape index (κ1) is 12.5. The third-order valence-electron chi connectivity index (χ3n) is 2.71. The summed E-state index contributed by atoms with van der Waals surface area (Å²) in [5.74, 6) is 0.133.